The molecule has 1 nitrogen and oxygen atoms in total. The highest BCUT2D eigenvalue weighted by Gasteiger charge is 2.30. The predicted octanol–water partition coefficient (Wildman–Crippen LogP) is 3.74. The monoisotopic (exact) mass is 230 g/mol. The van der Waals surface area contributed by atoms with E-state index in [-0.39, 0.29) is 12.0 Å². The summed E-state index contributed by atoms with van der Waals surface area (Å²) in [5.41, 5.74) is 2.55. The van der Waals surface area contributed by atoms with E-state index in [9.17, 15) is 5.11 Å². The van der Waals surface area contributed by atoms with E-state index < -0.39 is 0 Å². The standard InChI is InChI=1S/C16H22O/c1-11-9-10-15(13(3)16(17)12(11)2)14-7-5-4-6-8-14/h4-8,10-13,16-17H,9H2,1-3H3/t11-,12-,13+,16+/m0/s1. The van der Waals surface area contributed by atoms with Crippen molar-refractivity contribution in [3.8, 4) is 0 Å². The van der Waals surface area contributed by atoms with Crippen molar-refractivity contribution in [1.29, 1.82) is 0 Å². The second-order valence-corrected chi connectivity index (χ2v) is 5.38. The van der Waals surface area contributed by atoms with Crippen molar-refractivity contribution in [3.05, 3.63) is 42.0 Å². The average Bonchev–Trinajstić information content (AvgIpc) is 2.45. The molecule has 2 rings (SSSR count). The number of aliphatic hydroxyl groups is 1. The summed E-state index contributed by atoms with van der Waals surface area (Å²) in [7, 11) is 0. The van der Waals surface area contributed by atoms with E-state index in [0.717, 1.165) is 6.42 Å². The summed E-state index contributed by atoms with van der Waals surface area (Å²) in [6, 6.07) is 10.4. The van der Waals surface area contributed by atoms with Gasteiger partial charge in [0.2, 0.25) is 0 Å². The van der Waals surface area contributed by atoms with Gasteiger partial charge in [0.1, 0.15) is 0 Å². The van der Waals surface area contributed by atoms with Gasteiger partial charge in [-0.1, -0.05) is 57.2 Å². The van der Waals surface area contributed by atoms with Gasteiger partial charge in [0.25, 0.3) is 0 Å². The molecule has 92 valence electrons. The van der Waals surface area contributed by atoms with E-state index >= 15 is 0 Å². The molecule has 0 amide bonds. The minimum absolute atomic E-state index is 0.220. The van der Waals surface area contributed by atoms with Gasteiger partial charge in [0.15, 0.2) is 0 Å². The fourth-order valence-electron chi connectivity index (χ4n) is 2.70. The molecule has 4 atom stereocenters. The van der Waals surface area contributed by atoms with Gasteiger partial charge in [0.05, 0.1) is 6.10 Å². The van der Waals surface area contributed by atoms with Crippen LogP contribution in [-0.4, -0.2) is 11.2 Å². The number of hydrogen-bond donors (Lipinski definition) is 1. The van der Waals surface area contributed by atoms with Crippen LogP contribution in [0.1, 0.15) is 32.8 Å². The zero-order valence-electron chi connectivity index (χ0n) is 10.9. The van der Waals surface area contributed by atoms with Crippen molar-refractivity contribution < 1.29 is 5.11 Å². The van der Waals surface area contributed by atoms with E-state index in [1.165, 1.54) is 11.1 Å². The summed E-state index contributed by atoms with van der Waals surface area (Å²) in [6.07, 6.45) is 3.14. The largest absolute Gasteiger partial charge is 0.392 e. The molecule has 0 aliphatic heterocycles. The Morgan fingerprint density at radius 2 is 1.71 bits per heavy atom. The first kappa shape index (κ1) is 12.4. The lowest BCUT2D eigenvalue weighted by molar-refractivity contribution is 0.0647. The van der Waals surface area contributed by atoms with Gasteiger partial charge in [-0.15, -0.1) is 0 Å². The summed E-state index contributed by atoms with van der Waals surface area (Å²) in [5.74, 6) is 1.13. The maximum atomic E-state index is 10.4. The Morgan fingerprint density at radius 1 is 1.06 bits per heavy atom. The molecule has 1 aromatic carbocycles. The molecule has 1 aromatic rings. The lowest BCUT2D eigenvalue weighted by Gasteiger charge is -2.27. The topological polar surface area (TPSA) is 20.2 Å². The third kappa shape index (κ3) is 2.44. The van der Waals surface area contributed by atoms with Crippen molar-refractivity contribution >= 4 is 5.57 Å². The Hall–Kier alpha value is -1.08. The maximum absolute atomic E-state index is 10.4. The minimum atomic E-state index is -0.237. The fraction of sp³-hybridized carbons (Fsp3) is 0.500. The minimum Gasteiger partial charge on any atom is -0.392 e. The molecule has 0 unspecified atom stereocenters. The molecule has 0 radical (unpaired) electrons. The van der Waals surface area contributed by atoms with Crippen molar-refractivity contribution in [1.82, 2.24) is 0 Å². The zero-order chi connectivity index (χ0) is 12.4. The van der Waals surface area contributed by atoms with Gasteiger partial charge in [-0.05, 0) is 29.4 Å². The second kappa shape index (κ2) is 5.05. The van der Waals surface area contributed by atoms with Gasteiger partial charge in [-0.25, -0.2) is 0 Å². The van der Waals surface area contributed by atoms with E-state index in [1.807, 2.05) is 6.07 Å². The summed E-state index contributed by atoms with van der Waals surface area (Å²) in [6.45, 7) is 6.52. The number of rotatable bonds is 1. The smallest absolute Gasteiger partial charge is 0.0634 e. The summed E-state index contributed by atoms with van der Waals surface area (Å²) >= 11 is 0. The molecule has 0 spiro atoms. The fourth-order valence-corrected chi connectivity index (χ4v) is 2.70. The Morgan fingerprint density at radius 3 is 2.35 bits per heavy atom. The first-order chi connectivity index (χ1) is 8.11. The predicted molar refractivity (Wildman–Crippen MR) is 72.5 cm³/mol. The molecule has 0 fully saturated rings. The third-order valence-corrected chi connectivity index (χ3v) is 4.26. The SMILES string of the molecule is C[C@@H]1[C@@H](O)[C@H](C)C(c2ccccc2)=CC[C@@H]1C. The van der Waals surface area contributed by atoms with Crippen LogP contribution in [0.2, 0.25) is 0 Å². The van der Waals surface area contributed by atoms with Gasteiger partial charge in [-0.3, -0.25) is 0 Å². The molecule has 1 heteroatoms. The molecule has 0 aromatic heterocycles. The molecule has 0 saturated carbocycles. The number of hydrogen-bond acceptors (Lipinski definition) is 1. The van der Waals surface area contributed by atoms with E-state index in [1.54, 1.807) is 0 Å². The normalized spacial score (nSPS) is 34.0. The van der Waals surface area contributed by atoms with E-state index in [4.69, 9.17) is 0 Å². The van der Waals surface area contributed by atoms with Crippen LogP contribution in [-0.2, 0) is 0 Å². The molecule has 1 aliphatic rings. The Bertz CT molecular complexity index is 393. The molecule has 17 heavy (non-hydrogen) atoms. The molecule has 1 aliphatic carbocycles. The van der Waals surface area contributed by atoms with Gasteiger partial charge >= 0.3 is 0 Å². The van der Waals surface area contributed by atoms with Gasteiger partial charge in [0, 0.05) is 5.92 Å². The van der Waals surface area contributed by atoms with E-state index in [0.29, 0.717) is 11.8 Å². The maximum Gasteiger partial charge on any atom is 0.0634 e. The van der Waals surface area contributed by atoms with E-state index in [2.05, 4.69) is 51.1 Å². The Labute approximate surface area is 104 Å². The first-order valence-electron chi connectivity index (χ1n) is 6.54. The number of allylic oxidation sites excluding steroid dienone is 1. The van der Waals surface area contributed by atoms with Crippen LogP contribution in [0.15, 0.2) is 36.4 Å². The van der Waals surface area contributed by atoms with Crippen LogP contribution in [0.25, 0.3) is 5.57 Å². The Kier molecular flexibility index (Phi) is 3.68. The van der Waals surface area contributed by atoms with Crippen LogP contribution in [0.3, 0.4) is 0 Å². The third-order valence-electron chi connectivity index (χ3n) is 4.26. The van der Waals surface area contributed by atoms with Crippen LogP contribution < -0.4 is 0 Å². The Balaban J connectivity index is 2.34. The van der Waals surface area contributed by atoms with Crippen LogP contribution in [0, 0.1) is 17.8 Å². The van der Waals surface area contributed by atoms with Crippen molar-refractivity contribution in [2.45, 2.75) is 33.3 Å². The second-order valence-electron chi connectivity index (χ2n) is 5.38. The molecular weight excluding hydrogens is 208 g/mol. The molecule has 1 N–H and O–H groups in total. The van der Waals surface area contributed by atoms with Crippen LogP contribution in [0.5, 0.6) is 0 Å². The molecular formula is C16H22O. The highest BCUT2D eigenvalue weighted by atomic mass is 16.3. The highest BCUT2D eigenvalue weighted by molar-refractivity contribution is 5.68. The van der Waals surface area contributed by atoms with Crippen LogP contribution >= 0.6 is 0 Å². The number of aliphatic hydroxyl groups excluding tert-OH is 1. The highest BCUT2D eigenvalue weighted by Crippen LogP contribution is 2.36. The molecule has 0 bridgehead atoms. The van der Waals surface area contributed by atoms with Crippen LogP contribution in [0.4, 0.5) is 0 Å². The number of benzene rings is 1. The summed E-state index contributed by atoms with van der Waals surface area (Å²) in [4.78, 5) is 0. The van der Waals surface area contributed by atoms with Gasteiger partial charge in [-0.2, -0.15) is 0 Å². The van der Waals surface area contributed by atoms with Gasteiger partial charge < -0.3 is 5.11 Å². The van der Waals surface area contributed by atoms with Crippen molar-refractivity contribution in [3.63, 3.8) is 0 Å². The van der Waals surface area contributed by atoms with Crippen molar-refractivity contribution in [2.75, 3.05) is 0 Å². The molecule has 0 heterocycles. The molecule has 0 saturated heterocycles. The summed E-state index contributed by atoms with van der Waals surface area (Å²) in [5, 5.41) is 10.4. The summed E-state index contributed by atoms with van der Waals surface area (Å²) < 4.78 is 0. The first-order valence-corrected chi connectivity index (χ1v) is 6.54. The lowest BCUT2D eigenvalue weighted by Crippen LogP contribution is -2.28. The lowest BCUT2D eigenvalue weighted by atomic mass is 9.83. The average molecular weight is 230 g/mol. The van der Waals surface area contributed by atoms with Crippen molar-refractivity contribution in [2.24, 2.45) is 17.8 Å². The zero-order valence-corrected chi connectivity index (χ0v) is 10.9. The quantitative estimate of drug-likeness (QED) is 0.779.